The van der Waals surface area contributed by atoms with Gasteiger partial charge in [0.25, 0.3) is 0 Å². The maximum Gasteiger partial charge on any atom is 0.156 e. The third-order valence-electron chi connectivity index (χ3n) is 3.92. The van der Waals surface area contributed by atoms with Crippen molar-refractivity contribution >= 4 is 17.8 Å². The van der Waals surface area contributed by atoms with Crippen LogP contribution in [0.2, 0.25) is 0 Å². The number of aryl methyl sites for hydroxylation is 2. The summed E-state index contributed by atoms with van der Waals surface area (Å²) in [7, 11) is 0. The van der Waals surface area contributed by atoms with Crippen LogP contribution in [0.1, 0.15) is 42.3 Å². The molecule has 1 fully saturated rings. The van der Waals surface area contributed by atoms with E-state index < -0.39 is 0 Å². The number of aromatic nitrogens is 3. The number of rotatable bonds is 3. The molecule has 2 heterocycles. The average Bonchev–Trinajstić information content (AvgIpc) is 2.53. The molecule has 2 aromatic rings. The first-order valence-electron chi connectivity index (χ1n) is 7.93. The highest BCUT2D eigenvalue weighted by molar-refractivity contribution is 5.67. The van der Waals surface area contributed by atoms with E-state index in [0.717, 1.165) is 17.2 Å². The Hall–Kier alpha value is -2.23. The van der Waals surface area contributed by atoms with Crippen molar-refractivity contribution in [3.63, 3.8) is 0 Å². The molecule has 0 spiro atoms. The molecule has 1 aromatic carbocycles. The predicted molar refractivity (Wildman–Crippen MR) is 90.7 cm³/mol. The summed E-state index contributed by atoms with van der Waals surface area (Å²) in [4.78, 5) is 15.3. The summed E-state index contributed by atoms with van der Waals surface area (Å²) >= 11 is 0. The zero-order valence-electron chi connectivity index (χ0n) is 13.3. The molecule has 4 nitrogen and oxygen atoms in total. The van der Waals surface area contributed by atoms with E-state index in [1.165, 1.54) is 38.0 Å². The van der Waals surface area contributed by atoms with Crippen molar-refractivity contribution < 1.29 is 0 Å². The lowest BCUT2D eigenvalue weighted by molar-refractivity contribution is 0.578. The van der Waals surface area contributed by atoms with Crippen molar-refractivity contribution in [1.29, 1.82) is 0 Å². The molecule has 0 atom stereocenters. The van der Waals surface area contributed by atoms with Crippen LogP contribution in [-0.2, 0) is 0 Å². The Labute approximate surface area is 131 Å². The normalized spacial score (nSPS) is 15.5. The monoisotopic (exact) mass is 294 g/mol. The number of hydrogen-bond acceptors (Lipinski definition) is 4. The third kappa shape index (κ3) is 3.70. The van der Waals surface area contributed by atoms with Crippen molar-refractivity contribution in [1.82, 2.24) is 15.0 Å². The Balaban J connectivity index is 1.71. The van der Waals surface area contributed by atoms with Gasteiger partial charge in [0.05, 0.1) is 0 Å². The highest BCUT2D eigenvalue weighted by Crippen LogP contribution is 2.20. The number of nitrogens with zero attached hydrogens (tertiary/aromatic N) is 4. The minimum absolute atomic E-state index is 0.713. The van der Waals surface area contributed by atoms with Crippen LogP contribution in [0.15, 0.2) is 24.3 Å². The molecule has 1 saturated heterocycles. The molecule has 0 radical (unpaired) electrons. The van der Waals surface area contributed by atoms with Crippen molar-refractivity contribution in [2.75, 3.05) is 18.0 Å². The molecule has 114 valence electrons. The molecule has 0 unspecified atom stereocenters. The highest BCUT2D eigenvalue weighted by Gasteiger charge is 2.10. The first-order valence-corrected chi connectivity index (χ1v) is 7.93. The summed E-state index contributed by atoms with van der Waals surface area (Å²) in [5.74, 6) is 2.23. The fourth-order valence-electron chi connectivity index (χ4n) is 2.83. The zero-order chi connectivity index (χ0) is 15.4. The van der Waals surface area contributed by atoms with E-state index in [-0.39, 0.29) is 0 Å². The van der Waals surface area contributed by atoms with E-state index in [4.69, 9.17) is 0 Å². The minimum atomic E-state index is 0.713. The van der Waals surface area contributed by atoms with Gasteiger partial charge in [0.1, 0.15) is 11.6 Å². The molecule has 0 N–H and O–H groups in total. The maximum absolute atomic E-state index is 4.32. The SMILES string of the molecule is Cc1nc(C)nc(C=Cc2ccc(N3CCCCC3)cc2)n1. The number of benzene rings is 1. The standard InChI is InChI=1S/C18H22N4/c1-14-19-15(2)21-18(20-14)11-8-16-6-9-17(10-7-16)22-12-4-3-5-13-22/h6-11H,3-5,12-13H2,1-2H3. The van der Waals surface area contributed by atoms with Gasteiger partial charge in [-0.25, -0.2) is 15.0 Å². The molecule has 1 aliphatic heterocycles. The molecule has 1 aliphatic rings. The second-order valence-corrected chi connectivity index (χ2v) is 5.76. The number of hydrogen-bond donors (Lipinski definition) is 0. The van der Waals surface area contributed by atoms with E-state index >= 15 is 0 Å². The van der Waals surface area contributed by atoms with Gasteiger partial charge < -0.3 is 4.90 Å². The van der Waals surface area contributed by atoms with Gasteiger partial charge >= 0.3 is 0 Å². The van der Waals surface area contributed by atoms with E-state index in [1.807, 2.05) is 26.0 Å². The summed E-state index contributed by atoms with van der Waals surface area (Å²) in [6.45, 7) is 6.13. The van der Waals surface area contributed by atoms with Gasteiger partial charge in [-0.3, -0.25) is 0 Å². The Bertz CT molecular complexity index is 635. The molecule has 0 amide bonds. The Morgan fingerprint density at radius 1 is 0.818 bits per heavy atom. The van der Waals surface area contributed by atoms with Gasteiger partial charge in [-0.05, 0) is 56.9 Å². The van der Waals surface area contributed by atoms with E-state index in [2.05, 4.69) is 44.1 Å². The van der Waals surface area contributed by atoms with Crippen LogP contribution in [0.25, 0.3) is 12.2 Å². The molecule has 1 aromatic heterocycles. The van der Waals surface area contributed by atoms with Gasteiger partial charge in [-0.15, -0.1) is 0 Å². The lowest BCUT2D eigenvalue weighted by Crippen LogP contribution is -2.29. The van der Waals surface area contributed by atoms with Crippen LogP contribution in [0.3, 0.4) is 0 Å². The lowest BCUT2D eigenvalue weighted by Gasteiger charge is -2.28. The van der Waals surface area contributed by atoms with Gasteiger partial charge in [-0.2, -0.15) is 0 Å². The first-order chi connectivity index (χ1) is 10.7. The highest BCUT2D eigenvalue weighted by atomic mass is 15.1. The van der Waals surface area contributed by atoms with Gasteiger partial charge in [-0.1, -0.05) is 18.2 Å². The Kier molecular flexibility index (Phi) is 4.47. The summed E-state index contributed by atoms with van der Waals surface area (Å²) in [5, 5.41) is 0. The number of anilines is 1. The van der Waals surface area contributed by atoms with Crippen LogP contribution in [0.4, 0.5) is 5.69 Å². The molecule has 3 rings (SSSR count). The molecule has 22 heavy (non-hydrogen) atoms. The molecule has 4 heteroatoms. The van der Waals surface area contributed by atoms with Crippen LogP contribution in [0, 0.1) is 13.8 Å². The van der Waals surface area contributed by atoms with Crippen LogP contribution in [-0.4, -0.2) is 28.0 Å². The summed E-state index contributed by atoms with van der Waals surface area (Å²) in [6.07, 6.45) is 7.97. The molecular formula is C18H22N4. The van der Waals surface area contributed by atoms with Gasteiger partial charge in [0.2, 0.25) is 0 Å². The summed E-state index contributed by atoms with van der Waals surface area (Å²) < 4.78 is 0. The predicted octanol–water partition coefficient (Wildman–Crippen LogP) is 3.65. The fourth-order valence-corrected chi connectivity index (χ4v) is 2.83. The van der Waals surface area contributed by atoms with E-state index in [1.54, 1.807) is 0 Å². The third-order valence-corrected chi connectivity index (χ3v) is 3.92. The van der Waals surface area contributed by atoms with Crippen molar-refractivity contribution in [2.24, 2.45) is 0 Å². The molecule has 0 aliphatic carbocycles. The van der Waals surface area contributed by atoms with Crippen LogP contribution in [0.5, 0.6) is 0 Å². The summed E-state index contributed by atoms with van der Waals surface area (Å²) in [5.41, 5.74) is 2.49. The van der Waals surface area contributed by atoms with Crippen molar-refractivity contribution in [3.05, 3.63) is 47.3 Å². The Morgan fingerprint density at radius 2 is 1.45 bits per heavy atom. The maximum atomic E-state index is 4.32. The van der Waals surface area contributed by atoms with Gasteiger partial charge in [0.15, 0.2) is 5.82 Å². The minimum Gasteiger partial charge on any atom is -0.372 e. The molecular weight excluding hydrogens is 272 g/mol. The second-order valence-electron chi connectivity index (χ2n) is 5.76. The van der Waals surface area contributed by atoms with Gasteiger partial charge in [0, 0.05) is 18.8 Å². The van der Waals surface area contributed by atoms with E-state index in [9.17, 15) is 0 Å². The van der Waals surface area contributed by atoms with E-state index in [0.29, 0.717) is 5.82 Å². The summed E-state index contributed by atoms with van der Waals surface area (Å²) in [6, 6.07) is 8.71. The smallest absolute Gasteiger partial charge is 0.156 e. The fraction of sp³-hybridized carbons (Fsp3) is 0.389. The topological polar surface area (TPSA) is 41.9 Å². The first kappa shape index (κ1) is 14.7. The molecule has 0 bridgehead atoms. The Morgan fingerprint density at radius 3 is 2.09 bits per heavy atom. The average molecular weight is 294 g/mol. The number of piperidine rings is 1. The zero-order valence-corrected chi connectivity index (χ0v) is 13.3. The quantitative estimate of drug-likeness (QED) is 0.866. The lowest BCUT2D eigenvalue weighted by atomic mass is 10.1. The largest absolute Gasteiger partial charge is 0.372 e. The molecule has 0 saturated carbocycles. The van der Waals surface area contributed by atoms with Crippen LogP contribution >= 0.6 is 0 Å². The van der Waals surface area contributed by atoms with Crippen molar-refractivity contribution in [3.8, 4) is 0 Å². The van der Waals surface area contributed by atoms with Crippen molar-refractivity contribution in [2.45, 2.75) is 33.1 Å². The van der Waals surface area contributed by atoms with Crippen LogP contribution < -0.4 is 4.90 Å². The second kappa shape index (κ2) is 6.69.